The van der Waals surface area contributed by atoms with Crippen molar-refractivity contribution in [1.29, 1.82) is 0 Å². The van der Waals surface area contributed by atoms with Crippen molar-refractivity contribution in [3.63, 3.8) is 0 Å². The molecule has 0 unspecified atom stereocenters. The van der Waals surface area contributed by atoms with Gasteiger partial charge in [0.1, 0.15) is 0 Å². The fraction of sp³-hybridized carbons (Fsp3) is 0.312. The second-order valence-electron chi connectivity index (χ2n) is 5.53. The number of benzene rings is 1. The van der Waals surface area contributed by atoms with Gasteiger partial charge in [0.05, 0.1) is 5.69 Å². The van der Waals surface area contributed by atoms with Crippen molar-refractivity contribution in [2.75, 3.05) is 12.3 Å². The molecule has 4 N–H and O–H groups in total. The molecule has 3 rings (SSSR count). The lowest BCUT2D eigenvalue weighted by atomic mass is 9.89. The zero-order chi connectivity index (χ0) is 16.4. The van der Waals surface area contributed by atoms with Gasteiger partial charge in [-0.05, 0) is 19.4 Å². The van der Waals surface area contributed by atoms with Crippen LogP contribution in [0.2, 0.25) is 0 Å². The van der Waals surface area contributed by atoms with E-state index in [0.717, 1.165) is 5.56 Å². The van der Waals surface area contributed by atoms with Crippen LogP contribution in [0.1, 0.15) is 17.7 Å². The maximum absolute atomic E-state index is 12.7. The Labute approximate surface area is 137 Å². The molecule has 0 aliphatic carbocycles. The third-order valence-electron chi connectivity index (χ3n) is 4.08. The Bertz CT molecular complexity index is 736. The molecule has 0 spiro atoms. The average molecular weight is 331 g/mol. The summed E-state index contributed by atoms with van der Waals surface area (Å²) in [6.07, 6.45) is 1.00. The van der Waals surface area contributed by atoms with E-state index in [0.29, 0.717) is 35.1 Å². The van der Waals surface area contributed by atoms with Gasteiger partial charge < -0.3 is 10.8 Å². The second kappa shape index (κ2) is 6.10. The highest BCUT2D eigenvalue weighted by Gasteiger charge is 2.47. The van der Waals surface area contributed by atoms with Crippen molar-refractivity contribution in [1.82, 2.24) is 10.3 Å². The predicted molar refractivity (Wildman–Crippen MR) is 88.3 cm³/mol. The molecule has 1 saturated heterocycles. The van der Waals surface area contributed by atoms with Crippen molar-refractivity contribution in [3.05, 3.63) is 35.2 Å². The minimum absolute atomic E-state index is 0.0123. The SMILES string of the molecule is Nc1nc(-c2ccccc2)c(CC(=O)[C@@]2(C(=O)O)CCCN2)s1. The van der Waals surface area contributed by atoms with Crippen LogP contribution in [0.15, 0.2) is 30.3 Å². The molecule has 1 aromatic carbocycles. The molecule has 1 aromatic heterocycles. The number of anilines is 1. The van der Waals surface area contributed by atoms with E-state index in [1.54, 1.807) is 0 Å². The monoisotopic (exact) mass is 331 g/mol. The molecule has 1 aliphatic rings. The molecule has 1 aliphatic heterocycles. The number of carboxylic acid groups (broad SMARTS) is 1. The summed E-state index contributed by atoms with van der Waals surface area (Å²) in [5, 5.41) is 12.7. The van der Waals surface area contributed by atoms with Gasteiger partial charge in [0, 0.05) is 16.9 Å². The zero-order valence-corrected chi connectivity index (χ0v) is 13.2. The van der Waals surface area contributed by atoms with Gasteiger partial charge in [-0.15, -0.1) is 11.3 Å². The Morgan fingerprint density at radius 3 is 2.70 bits per heavy atom. The molecule has 7 heteroatoms. The summed E-state index contributed by atoms with van der Waals surface area (Å²) in [5.41, 5.74) is 5.84. The number of carboxylic acids is 1. The normalized spacial score (nSPS) is 20.5. The number of aromatic nitrogens is 1. The van der Waals surface area contributed by atoms with Crippen LogP contribution in [0.25, 0.3) is 11.3 Å². The van der Waals surface area contributed by atoms with E-state index in [1.807, 2.05) is 30.3 Å². The van der Waals surface area contributed by atoms with Gasteiger partial charge >= 0.3 is 5.97 Å². The van der Waals surface area contributed by atoms with E-state index in [1.165, 1.54) is 11.3 Å². The predicted octanol–water partition coefficient (Wildman–Crippen LogP) is 1.71. The van der Waals surface area contributed by atoms with Crippen LogP contribution in [0.4, 0.5) is 5.13 Å². The number of nitrogen functional groups attached to an aromatic ring is 1. The van der Waals surface area contributed by atoms with E-state index in [2.05, 4.69) is 10.3 Å². The van der Waals surface area contributed by atoms with Gasteiger partial charge in [-0.25, -0.2) is 9.78 Å². The number of Topliss-reactive ketones (excluding diaryl/α,β-unsaturated/α-hetero) is 1. The largest absolute Gasteiger partial charge is 0.480 e. The molecule has 2 aromatic rings. The smallest absolute Gasteiger partial charge is 0.331 e. The minimum Gasteiger partial charge on any atom is -0.480 e. The molecule has 23 heavy (non-hydrogen) atoms. The third-order valence-corrected chi connectivity index (χ3v) is 4.96. The number of ketones is 1. The summed E-state index contributed by atoms with van der Waals surface area (Å²) in [5.74, 6) is -1.46. The highest BCUT2D eigenvalue weighted by atomic mass is 32.1. The van der Waals surface area contributed by atoms with Crippen molar-refractivity contribution in [2.24, 2.45) is 0 Å². The number of carbonyl (C=O) groups is 2. The summed E-state index contributed by atoms with van der Waals surface area (Å²) in [6, 6.07) is 9.44. The van der Waals surface area contributed by atoms with Crippen LogP contribution in [0.3, 0.4) is 0 Å². The number of nitrogens with one attached hydrogen (secondary N) is 1. The van der Waals surface area contributed by atoms with Crippen molar-refractivity contribution < 1.29 is 14.7 Å². The first kappa shape index (κ1) is 15.6. The maximum atomic E-state index is 12.7. The number of nitrogens with zero attached hydrogens (tertiary/aromatic N) is 1. The standard InChI is InChI=1S/C16H17N3O3S/c17-15-19-13(10-5-2-1-3-6-10)11(23-15)9-12(20)16(14(21)22)7-4-8-18-16/h1-3,5-6,18H,4,7-9H2,(H2,17,19)(H,21,22)/t16-/m1/s1. The number of rotatable bonds is 5. The molecule has 2 heterocycles. The lowest BCUT2D eigenvalue weighted by Crippen LogP contribution is -2.54. The molecule has 0 bridgehead atoms. The summed E-state index contributed by atoms with van der Waals surface area (Å²) < 4.78 is 0. The van der Waals surface area contributed by atoms with E-state index in [4.69, 9.17) is 5.73 Å². The third kappa shape index (κ3) is 2.85. The summed E-state index contributed by atoms with van der Waals surface area (Å²) in [6.45, 7) is 0.536. The number of carbonyl (C=O) groups excluding carboxylic acids is 1. The van der Waals surface area contributed by atoms with Crippen molar-refractivity contribution in [2.45, 2.75) is 24.8 Å². The lowest BCUT2D eigenvalue weighted by molar-refractivity contribution is -0.149. The van der Waals surface area contributed by atoms with Gasteiger partial charge in [-0.2, -0.15) is 0 Å². The van der Waals surface area contributed by atoms with E-state index in [9.17, 15) is 14.7 Å². The average Bonchev–Trinajstić information content (AvgIpc) is 3.16. The van der Waals surface area contributed by atoms with E-state index in [-0.39, 0.29) is 12.2 Å². The molecule has 0 amide bonds. The molecule has 1 fully saturated rings. The van der Waals surface area contributed by atoms with Gasteiger partial charge in [0.2, 0.25) is 0 Å². The molecular formula is C16H17N3O3S. The van der Waals surface area contributed by atoms with Crippen LogP contribution in [-0.4, -0.2) is 33.9 Å². The van der Waals surface area contributed by atoms with Crippen LogP contribution >= 0.6 is 11.3 Å². The Morgan fingerprint density at radius 1 is 1.35 bits per heavy atom. The number of hydrogen-bond acceptors (Lipinski definition) is 6. The van der Waals surface area contributed by atoms with Crippen LogP contribution in [0, 0.1) is 0 Å². The zero-order valence-electron chi connectivity index (χ0n) is 12.4. The first-order valence-electron chi connectivity index (χ1n) is 7.35. The highest BCUT2D eigenvalue weighted by molar-refractivity contribution is 7.15. The van der Waals surface area contributed by atoms with Gasteiger partial charge in [-0.3, -0.25) is 10.1 Å². The Hall–Kier alpha value is -2.25. The van der Waals surface area contributed by atoms with Gasteiger partial charge in [0.25, 0.3) is 0 Å². The molecule has 6 nitrogen and oxygen atoms in total. The fourth-order valence-corrected chi connectivity index (χ4v) is 3.74. The van der Waals surface area contributed by atoms with Gasteiger partial charge in [-0.1, -0.05) is 30.3 Å². The summed E-state index contributed by atoms with van der Waals surface area (Å²) in [7, 11) is 0. The van der Waals surface area contributed by atoms with Crippen molar-refractivity contribution in [3.8, 4) is 11.3 Å². The lowest BCUT2D eigenvalue weighted by Gasteiger charge is -2.22. The van der Waals surface area contributed by atoms with Crippen molar-refractivity contribution >= 4 is 28.2 Å². The maximum Gasteiger partial charge on any atom is 0.331 e. The molecule has 1 atom stereocenters. The van der Waals surface area contributed by atoms with Crippen LogP contribution in [0.5, 0.6) is 0 Å². The summed E-state index contributed by atoms with van der Waals surface area (Å²) in [4.78, 5) is 29.3. The summed E-state index contributed by atoms with van der Waals surface area (Å²) >= 11 is 1.23. The van der Waals surface area contributed by atoms with Crippen LogP contribution in [-0.2, 0) is 16.0 Å². The molecule has 0 saturated carbocycles. The first-order valence-corrected chi connectivity index (χ1v) is 8.17. The Balaban J connectivity index is 1.92. The molecular weight excluding hydrogens is 314 g/mol. The van der Waals surface area contributed by atoms with E-state index < -0.39 is 11.5 Å². The Kier molecular flexibility index (Phi) is 4.14. The number of hydrogen-bond donors (Lipinski definition) is 3. The second-order valence-corrected chi connectivity index (χ2v) is 6.65. The molecule has 0 radical (unpaired) electrons. The quantitative estimate of drug-likeness (QED) is 0.720. The Morgan fingerprint density at radius 2 is 2.09 bits per heavy atom. The van der Waals surface area contributed by atoms with E-state index >= 15 is 0 Å². The topological polar surface area (TPSA) is 105 Å². The fourth-order valence-electron chi connectivity index (χ4n) is 2.89. The number of aliphatic carboxylic acids is 1. The first-order chi connectivity index (χ1) is 11.0. The minimum atomic E-state index is -1.48. The van der Waals surface area contributed by atoms with Crippen LogP contribution < -0.4 is 11.1 Å². The van der Waals surface area contributed by atoms with Gasteiger partial charge in [0.15, 0.2) is 16.5 Å². The molecule has 120 valence electrons. The number of thiazole rings is 1. The highest BCUT2D eigenvalue weighted by Crippen LogP contribution is 2.32. The number of nitrogens with two attached hydrogens (primary N) is 1.